The summed E-state index contributed by atoms with van der Waals surface area (Å²) in [6, 6.07) is 13.8. The molecule has 0 bridgehead atoms. The van der Waals surface area contributed by atoms with Crippen molar-refractivity contribution >= 4 is 63.7 Å². The molecule has 178 valence electrons. The minimum Gasteiger partial charge on any atom is -0.497 e. The summed E-state index contributed by atoms with van der Waals surface area (Å²) in [6.45, 7) is 0.500. The lowest BCUT2D eigenvalue weighted by Gasteiger charge is -2.14. The number of unbranched alkanes of at least 4 members (excludes halogenated alkanes) is 2. The third-order valence-electron chi connectivity index (χ3n) is 4.99. The summed E-state index contributed by atoms with van der Waals surface area (Å²) < 4.78 is 5.68. The number of methoxy groups -OCH3 is 1. The second-order valence-corrected chi connectivity index (χ2v) is 9.54. The Bertz CT molecular complexity index is 1090. The number of hydrogen-bond donors (Lipinski definition) is 2. The van der Waals surface area contributed by atoms with Gasteiger partial charge in [0.15, 0.2) is 0 Å². The van der Waals surface area contributed by atoms with Gasteiger partial charge in [0.25, 0.3) is 11.8 Å². The molecule has 34 heavy (non-hydrogen) atoms. The number of ether oxygens (including phenoxy) is 1. The number of benzene rings is 2. The molecule has 0 unspecified atom stereocenters. The Morgan fingerprint density at radius 1 is 1.06 bits per heavy atom. The van der Waals surface area contributed by atoms with Crippen LogP contribution >= 0.6 is 35.6 Å². The third kappa shape index (κ3) is 7.31. The van der Waals surface area contributed by atoms with Crippen molar-refractivity contribution in [2.75, 3.05) is 13.7 Å². The monoisotopic (exact) mass is 517 g/mol. The number of amides is 3. The number of rotatable bonds is 9. The van der Waals surface area contributed by atoms with Crippen molar-refractivity contribution in [2.24, 2.45) is 0 Å². The van der Waals surface area contributed by atoms with Gasteiger partial charge in [0.2, 0.25) is 5.91 Å². The van der Waals surface area contributed by atoms with E-state index in [2.05, 4.69) is 10.9 Å². The maximum absolute atomic E-state index is 12.7. The predicted molar refractivity (Wildman–Crippen MR) is 138 cm³/mol. The highest BCUT2D eigenvalue weighted by atomic mass is 35.5. The van der Waals surface area contributed by atoms with Crippen molar-refractivity contribution in [1.29, 1.82) is 0 Å². The standard InChI is InChI=1S/C24H24ClN3O4S2/c1-32-19-12-6-16(7-13-19)15-20-23(31)28(24(33)34-20)14-4-2-3-5-21(29)26-27-22(30)17-8-10-18(25)11-9-17/h6-13,15H,2-5,14H2,1H3,(H,26,29)(H,27,30)/b20-15-. The minimum absolute atomic E-state index is 0.103. The first kappa shape index (κ1) is 25.7. The Hall–Kier alpha value is -2.88. The molecule has 2 aromatic carbocycles. The molecular weight excluding hydrogens is 494 g/mol. The maximum atomic E-state index is 12.7. The Morgan fingerprint density at radius 3 is 2.44 bits per heavy atom. The summed E-state index contributed by atoms with van der Waals surface area (Å²) in [7, 11) is 1.60. The van der Waals surface area contributed by atoms with Crippen LogP contribution in [-0.4, -0.2) is 40.6 Å². The summed E-state index contributed by atoms with van der Waals surface area (Å²) in [5, 5.41) is 0.528. The van der Waals surface area contributed by atoms with Crippen molar-refractivity contribution in [3.8, 4) is 5.75 Å². The van der Waals surface area contributed by atoms with Gasteiger partial charge in [-0.2, -0.15) is 0 Å². The number of thiocarbonyl (C=S) groups is 1. The summed E-state index contributed by atoms with van der Waals surface area (Å²) in [5.74, 6) is -0.0479. The molecule has 7 nitrogen and oxygen atoms in total. The highest BCUT2D eigenvalue weighted by Crippen LogP contribution is 2.33. The number of carbonyl (C=O) groups excluding carboxylic acids is 3. The first-order valence-corrected chi connectivity index (χ1v) is 12.2. The molecule has 3 amide bonds. The molecule has 1 fully saturated rings. The fraction of sp³-hybridized carbons (Fsp3) is 0.250. The zero-order valence-corrected chi connectivity index (χ0v) is 20.9. The van der Waals surface area contributed by atoms with Gasteiger partial charge in [-0.1, -0.05) is 54.1 Å². The SMILES string of the molecule is COc1ccc(/C=C2\SC(=S)N(CCCCCC(=O)NNC(=O)c3ccc(Cl)cc3)C2=O)cc1. The first-order valence-electron chi connectivity index (χ1n) is 10.6. The van der Waals surface area contributed by atoms with Crippen molar-refractivity contribution in [3.63, 3.8) is 0 Å². The average molecular weight is 518 g/mol. The number of thioether (sulfide) groups is 1. The molecule has 1 saturated heterocycles. The molecular formula is C24H24ClN3O4S2. The molecule has 1 heterocycles. The molecule has 0 saturated carbocycles. The Kier molecular flexibility index (Phi) is 9.50. The Morgan fingerprint density at radius 2 is 1.76 bits per heavy atom. The van der Waals surface area contributed by atoms with Crippen LogP contribution in [0.4, 0.5) is 0 Å². The first-order chi connectivity index (χ1) is 16.4. The highest BCUT2D eigenvalue weighted by Gasteiger charge is 2.31. The van der Waals surface area contributed by atoms with Crippen molar-refractivity contribution in [3.05, 3.63) is 69.6 Å². The summed E-state index contributed by atoms with van der Waals surface area (Å²) in [5.41, 5.74) is 6.08. The van der Waals surface area contributed by atoms with Crippen LogP contribution in [0.25, 0.3) is 6.08 Å². The van der Waals surface area contributed by atoms with Crippen molar-refractivity contribution in [1.82, 2.24) is 15.8 Å². The molecule has 3 rings (SSSR count). The molecule has 0 aliphatic carbocycles. The zero-order valence-electron chi connectivity index (χ0n) is 18.5. The summed E-state index contributed by atoms with van der Waals surface area (Å²) in [4.78, 5) is 38.8. The van der Waals surface area contributed by atoms with E-state index in [0.29, 0.717) is 39.2 Å². The van der Waals surface area contributed by atoms with Gasteiger partial charge in [-0.3, -0.25) is 30.1 Å². The number of nitrogens with zero attached hydrogens (tertiary/aromatic N) is 1. The number of nitrogens with one attached hydrogen (secondary N) is 2. The van der Waals surface area contributed by atoms with Gasteiger partial charge in [-0.15, -0.1) is 0 Å². The van der Waals surface area contributed by atoms with Crippen molar-refractivity contribution < 1.29 is 19.1 Å². The lowest BCUT2D eigenvalue weighted by Crippen LogP contribution is -2.41. The van der Waals surface area contributed by atoms with Gasteiger partial charge in [-0.05, 0) is 60.9 Å². The zero-order chi connectivity index (χ0) is 24.5. The Balaban J connectivity index is 1.36. The molecule has 0 aromatic heterocycles. The van der Waals surface area contributed by atoms with Gasteiger partial charge in [0.1, 0.15) is 10.1 Å². The number of hydrogen-bond acceptors (Lipinski definition) is 6. The lowest BCUT2D eigenvalue weighted by atomic mass is 10.1. The predicted octanol–water partition coefficient (Wildman–Crippen LogP) is 4.57. The van der Waals surface area contributed by atoms with E-state index in [-0.39, 0.29) is 18.2 Å². The quantitative estimate of drug-likeness (QED) is 0.219. The molecule has 1 aliphatic rings. The third-order valence-corrected chi connectivity index (χ3v) is 6.62. The van der Waals surface area contributed by atoms with Crippen LogP contribution in [0.15, 0.2) is 53.4 Å². The fourth-order valence-corrected chi connectivity index (χ4v) is 4.57. The van der Waals surface area contributed by atoms with Crippen LogP contribution < -0.4 is 15.6 Å². The van der Waals surface area contributed by atoms with Crippen molar-refractivity contribution in [2.45, 2.75) is 25.7 Å². The molecule has 0 atom stereocenters. The van der Waals surface area contributed by atoms with E-state index in [0.717, 1.165) is 17.7 Å². The molecule has 2 N–H and O–H groups in total. The molecule has 2 aromatic rings. The second kappa shape index (κ2) is 12.5. The van der Waals surface area contributed by atoms with E-state index >= 15 is 0 Å². The van der Waals surface area contributed by atoms with E-state index in [1.54, 1.807) is 36.3 Å². The van der Waals surface area contributed by atoms with Gasteiger partial charge in [0.05, 0.1) is 12.0 Å². The molecule has 10 heteroatoms. The average Bonchev–Trinajstić information content (AvgIpc) is 3.10. The van der Waals surface area contributed by atoms with Crippen LogP contribution in [-0.2, 0) is 9.59 Å². The van der Waals surface area contributed by atoms with Crippen LogP contribution in [0.2, 0.25) is 5.02 Å². The van der Waals surface area contributed by atoms with Gasteiger partial charge in [-0.25, -0.2) is 0 Å². The van der Waals surface area contributed by atoms with Gasteiger partial charge < -0.3 is 4.74 Å². The second-order valence-electron chi connectivity index (χ2n) is 7.43. The summed E-state index contributed by atoms with van der Waals surface area (Å²) in [6.07, 6.45) is 4.16. The topological polar surface area (TPSA) is 87.7 Å². The largest absolute Gasteiger partial charge is 0.497 e. The van der Waals surface area contributed by atoms with Crippen LogP contribution in [0, 0.1) is 0 Å². The van der Waals surface area contributed by atoms with Crippen LogP contribution in [0.3, 0.4) is 0 Å². The van der Waals surface area contributed by atoms with E-state index in [1.807, 2.05) is 30.3 Å². The number of hydrazine groups is 1. The molecule has 1 aliphatic heterocycles. The normalized spacial score (nSPS) is 14.4. The van der Waals surface area contributed by atoms with E-state index in [4.69, 9.17) is 28.6 Å². The van der Waals surface area contributed by atoms with Crippen LogP contribution in [0.1, 0.15) is 41.6 Å². The van der Waals surface area contributed by atoms with Crippen LogP contribution in [0.5, 0.6) is 5.75 Å². The smallest absolute Gasteiger partial charge is 0.269 e. The number of carbonyl (C=O) groups is 3. The van der Waals surface area contributed by atoms with E-state index in [1.165, 1.54) is 11.8 Å². The molecule has 0 spiro atoms. The highest BCUT2D eigenvalue weighted by molar-refractivity contribution is 8.26. The molecule has 0 radical (unpaired) electrons. The minimum atomic E-state index is -0.415. The van der Waals surface area contributed by atoms with Gasteiger partial charge in [0, 0.05) is 23.6 Å². The van der Waals surface area contributed by atoms with Gasteiger partial charge >= 0.3 is 0 Å². The summed E-state index contributed by atoms with van der Waals surface area (Å²) >= 11 is 12.5. The maximum Gasteiger partial charge on any atom is 0.269 e. The lowest BCUT2D eigenvalue weighted by molar-refractivity contribution is -0.123. The fourth-order valence-electron chi connectivity index (χ4n) is 3.14. The van der Waals surface area contributed by atoms with E-state index in [9.17, 15) is 14.4 Å². The van der Waals surface area contributed by atoms with E-state index < -0.39 is 5.91 Å². The number of halogens is 1. The Labute approximate surface area is 212 Å².